The van der Waals surface area contributed by atoms with E-state index in [1.165, 1.54) is 17.0 Å². The Balaban J connectivity index is 2.74. The molecule has 1 aromatic carbocycles. The highest BCUT2D eigenvalue weighted by atomic mass is 35.5. The van der Waals surface area contributed by atoms with Gasteiger partial charge in [0, 0.05) is 18.1 Å². The Morgan fingerprint density at radius 2 is 1.85 bits per heavy atom. The molecule has 1 N–H and O–H groups in total. The molecule has 0 fully saturated rings. The maximum Gasteiger partial charge on any atom is 0.227 e. The second-order valence-electron chi connectivity index (χ2n) is 4.15. The molecule has 5 nitrogen and oxygen atoms in total. The van der Waals surface area contributed by atoms with Crippen LogP contribution >= 0.6 is 11.6 Å². The zero-order valence-electron chi connectivity index (χ0n) is 10.8. The van der Waals surface area contributed by atoms with Crippen LogP contribution in [-0.4, -0.2) is 29.0 Å². The van der Waals surface area contributed by atoms with Crippen molar-refractivity contribution in [2.45, 2.75) is 19.3 Å². The molecule has 0 aliphatic rings. The Kier molecular flexibility index (Phi) is 6.36. The largest absolute Gasteiger partial charge is 0.508 e. The van der Waals surface area contributed by atoms with Crippen LogP contribution in [0, 0.1) is 22.7 Å². The van der Waals surface area contributed by atoms with E-state index in [0.717, 1.165) is 0 Å². The third-order valence-electron chi connectivity index (χ3n) is 2.72. The van der Waals surface area contributed by atoms with Gasteiger partial charge < -0.3 is 10.0 Å². The van der Waals surface area contributed by atoms with Crippen LogP contribution in [0.3, 0.4) is 0 Å². The van der Waals surface area contributed by atoms with Crippen molar-refractivity contribution in [2.24, 2.45) is 0 Å². The zero-order valence-corrected chi connectivity index (χ0v) is 11.6. The van der Waals surface area contributed by atoms with Gasteiger partial charge in [0.15, 0.2) is 0 Å². The third-order valence-corrected chi connectivity index (χ3v) is 3.07. The van der Waals surface area contributed by atoms with Gasteiger partial charge >= 0.3 is 0 Å². The van der Waals surface area contributed by atoms with Crippen LogP contribution in [0.1, 0.15) is 18.4 Å². The quantitative estimate of drug-likeness (QED) is 0.870. The second-order valence-corrected chi connectivity index (χ2v) is 4.56. The number of nitrogens with zero attached hydrogens (tertiary/aromatic N) is 3. The molecule has 1 amide bonds. The van der Waals surface area contributed by atoms with E-state index in [0.29, 0.717) is 23.7 Å². The van der Waals surface area contributed by atoms with Crippen LogP contribution in [0.4, 0.5) is 0 Å². The molecule has 6 heteroatoms. The molecule has 0 atom stereocenters. The summed E-state index contributed by atoms with van der Waals surface area (Å²) in [5.74, 6) is -0.153. The molecule has 20 heavy (non-hydrogen) atoms. The summed E-state index contributed by atoms with van der Waals surface area (Å²) in [5.41, 5.74) is 0.605. The summed E-state index contributed by atoms with van der Waals surface area (Å²) in [6.45, 7) is 0.597. The lowest BCUT2D eigenvalue weighted by molar-refractivity contribution is -0.130. The van der Waals surface area contributed by atoms with Crippen molar-refractivity contribution in [1.29, 1.82) is 10.5 Å². The smallest absolute Gasteiger partial charge is 0.227 e. The summed E-state index contributed by atoms with van der Waals surface area (Å²) >= 11 is 5.95. The number of benzene rings is 1. The maximum absolute atomic E-state index is 12.1. The monoisotopic (exact) mass is 291 g/mol. The lowest BCUT2D eigenvalue weighted by Crippen LogP contribution is -2.34. The van der Waals surface area contributed by atoms with E-state index in [-0.39, 0.29) is 30.9 Å². The molecule has 0 radical (unpaired) electrons. The molecule has 0 unspecified atom stereocenters. The van der Waals surface area contributed by atoms with Crippen LogP contribution < -0.4 is 0 Å². The fourth-order valence-electron chi connectivity index (χ4n) is 1.69. The van der Waals surface area contributed by atoms with E-state index in [1.54, 1.807) is 6.07 Å². The summed E-state index contributed by atoms with van der Waals surface area (Å²) < 4.78 is 0. The van der Waals surface area contributed by atoms with Gasteiger partial charge in [-0.15, -0.1) is 0 Å². The number of aromatic hydroxyl groups is 1. The lowest BCUT2D eigenvalue weighted by Gasteiger charge is -2.20. The van der Waals surface area contributed by atoms with Crippen molar-refractivity contribution < 1.29 is 9.90 Å². The van der Waals surface area contributed by atoms with E-state index in [2.05, 4.69) is 0 Å². The van der Waals surface area contributed by atoms with Crippen molar-refractivity contribution in [3.8, 4) is 17.9 Å². The zero-order chi connectivity index (χ0) is 15.0. The normalized spacial score (nSPS) is 9.55. The van der Waals surface area contributed by atoms with Gasteiger partial charge in [-0.1, -0.05) is 17.7 Å². The van der Waals surface area contributed by atoms with Crippen molar-refractivity contribution in [2.75, 3.05) is 13.1 Å². The number of nitriles is 2. The highest BCUT2D eigenvalue weighted by Gasteiger charge is 2.15. The number of halogens is 1. The fraction of sp³-hybridized carbons (Fsp3) is 0.357. The third kappa shape index (κ3) is 4.79. The average molecular weight is 292 g/mol. The number of rotatable bonds is 6. The standard InChI is InChI=1S/C14H14ClN3O2/c15-13-10-12(19)4-3-11(13)9-14(20)18(7-1-5-16)8-2-6-17/h3-4,10,19H,1-2,7-9H2. The maximum atomic E-state index is 12.1. The minimum atomic E-state index is -0.192. The van der Waals surface area contributed by atoms with Crippen molar-refractivity contribution in [3.63, 3.8) is 0 Å². The molecular weight excluding hydrogens is 278 g/mol. The predicted octanol–water partition coefficient (Wildman–Crippen LogP) is 2.24. The van der Waals surface area contributed by atoms with Crippen LogP contribution in [0.2, 0.25) is 5.02 Å². The lowest BCUT2D eigenvalue weighted by atomic mass is 10.1. The van der Waals surface area contributed by atoms with Crippen LogP contribution in [0.15, 0.2) is 18.2 Å². The number of carbonyl (C=O) groups is 1. The van der Waals surface area contributed by atoms with Gasteiger partial charge in [0.1, 0.15) is 5.75 Å². The molecular formula is C14H14ClN3O2. The Morgan fingerprint density at radius 1 is 1.25 bits per heavy atom. The fourth-order valence-corrected chi connectivity index (χ4v) is 1.93. The summed E-state index contributed by atoms with van der Waals surface area (Å²) in [7, 11) is 0. The predicted molar refractivity (Wildman–Crippen MR) is 73.9 cm³/mol. The van der Waals surface area contributed by atoms with Gasteiger partial charge in [-0.2, -0.15) is 10.5 Å². The number of carbonyl (C=O) groups excluding carboxylic acids is 1. The SMILES string of the molecule is N#CCCN(CCC#N)C(=O)Cc1ccc(O)cc1Cl. The van der Waals surface area contributed by atoms with Crippen molar-refractivity contribution >= 4 is 17.5 Å². The number of phenols is 1. The molecule has 104 valence electrons. The first-order valence-corrected chi connectivity index (χ1v) is 6.45. The summed E-state index contributed by atoms with van der Waals surface area (Å²) in [6, 6.07) is 8.37. The number of hydrogen-bond donors (Lipinski definition) is 1. The highest BCUT2D eigenvalue weighted by Crippen LogP contribution is 2.22. The first-order valence-electron chi connectivity index (χ1n) is 6.07. The van der Waals surface area contributed by atoms with Gasteiger partial charge in [0.25, 0.3) is 0 Å². The molecule has 0 aliphatic carbocycles. The van der Waals surface area contributed by atoms with Crippen LogP contribution in [0.5, 0.6) is 5.75 Å². The second kappa shape index (κ2) is 8.04. The van der Waals surface area contributed by atoms with E-state index in [4.69, 9.17) is 22.1 Å². The van der Waals surface area contributed by atoms with E-state index < -0.39 is 0 Å². The van der Waals surface area contributed by atoms with Gasteiger partial charge in [0.2, 0.25) is 5.91 Å². The minimum Gasteiger partial charge on any atom is -0.508 e. The molecule has 0 heterocycles. The summed E-state index contributed by atoms with van der Waals surface area (Å²) in [4.78, 5) is 13.6. The van der Waals surface area contributed by atoms with Crippen molar-refractivity contribution in [3.05, 3.63) is 28.8 Å². The average Bonchev–Trinajstić information content (AvgIpc) is 2.42. The Hall–Kier alpha value is -2.24. The highest BCUT2D eigenvalue weighted by molar-refractivity contribution is 6.31. The Bertz CT molecular complexity index is 543. The first kappa shape index (κ1) is 15.8. The molecule has 0 bridgehead atoms. The molecule has 0 spiro atoms. The van der Waals surface area contributed by atoms with E-state index in [1.807, 2.05) is 12.1 Å². The van der Waals surface area contributed by atoms with Gasteiger partial charge in [0.05, 0.1) is 31.4 Å². The molecule has 0 saturated heterocycles. The van der Waals surface area contributed by atoms with Crippen LogP contribution in [-0.2, 0) is 11.2 Å². The topological polar surface area (TPSA) is 88.1 Å². The first-order chi connectivity index (χ1) is 9.58. The van der Waals surface area contributed by atoms with Gasteiger partial charge in [-0.05, 0) is 17.7 Å². The molecule has 0 saturated carbocycles. The molecule has 0 aromatic heterocycles. The van der Waals surface area contributed by atoms with Crippen LogP contribution in [0.25, 0.3) is 0 Å². The summed E-state index contributed by atoms with van der Waals surface area (Å²) in [6.07, 6.45) is 0.525. The Labute approximate surface area is 122 Å². The summed E-state index contributed by atoms with van der Waals surface area (Å²) in [5, 5.41) is 26.7. The van der Waals surface area contributed by atoms with E-state index >= 15 is 0 Å². The number of hydrogen-bond acceptors (Lipinski definition) is 4. The Morgan fingerprint density at radius 3 is 2.35 bits per heavy atom. The number of amides is 1. The van der Waals surface area contributed by atoms with Crippen molar-refractivity contribution in [1.82, 2.24) is 4.90 Å². The molecule has 1 aromatic rings. The van der Waals surface area contributed by atoms with Gasteiger partial charge in [-0.3, -0.25) is 4.79 Å². The number of phenolic OH excluding ortho intramolecular Hbond substituents is 1. The molecule has 0 aliphatic heterocycles. The molecule has 1 rings (SSSR count). The van der Waals surface area contributed by atoms with Gasteiger partial charge in [-0.25, -0.2) is 0 Å². The minimum absolute atomic E-state index is 0.0389. The van der Waals surface area contributed by atoms with E-state index in [9.17, 15) is 9.90 Å².